The van der Waals surface area contributed by atoms with Gasteiger partial charge in [-0.05, 0) is 64.5 Å². The molecule has 8 nitrogen and oxygen atoms in total. The molecule has 0 bridgehead atoms. The van der Waals surface area contributed by atoms with E-state index < -0.39 is 17.7 Å². The van der Waals surface area contributed by atoms with Gasteiger partial charge in [0.25, 0.3) is 0 Å². The molecule has 1 amide bonds. The molecule has 0 aromatic heterocycles. The van der Waals surface area contributed by atoms with E-state index in [4.69, 9.17) is 20.9 Å². The van der Waals surface area contributed by atoms with E-state index >= 15 is 0 Å². The van der Waals surface area contributed by atoms with E-state index in [0.29, 0.717) is 31.0 Å². The number of hydrogen-bond acceptors (Lipinski definition) is 7. The maximum Gasteiger partial charge on any atom is 0.409 e. The Morgan fingerprint density at radius 1 is 1.28 bits per heavy atom. The molecule has 174 valence electrons. The molecule has 8 heteroatoms. The van der Waals surface area contributed by atoms with Gasteiger partial charge in [-0.1, -0.05) is 17.7 Å². The minimum absolute atomic E-state index is 0.0190. The fraction of sp³-hybridized carbons (Fsp3) is 0.458. The van der Waals surface area contributed by atoms with Gasteiger partial charge >= 0.3 is 6.09 Å². The Morgan fingerprint density at radius 3 is 2.56 bits per heavy atom. The summed E-state index contributed by atoms with van der Waals surface area (Å²) in [7, 11) is 0. The molecule has 0 saturated carbocycles. The summed E-state index contributed by atoms with van der Waals surface area (Å²) in [5, 5.41) is 9.63. The van der Waals surface area contributed by atoms with Crippen LogP contribution in [0.5, 0.6) is 11.5 Å². The van der Waals surface area contributed by atoms with Crippen molar-refractivity contribution in [3.63, 3.8) is 0 Å². The zero-order valence-corrected chi connectivity index (χ0v) is 18.8. The number of benzene rings is 1. The van der Waals surface area contributed by atoms with Crippen molar-refractivity contribution in [2.75, 3.05) is 6.61 Å². The summed E-state index contributed by atoms with van der Waals surface area (Å²) in [6, 6.07) is 0.824. The summed E-state index contributed by atoms with van der Waals surface area (Å²) >= 11 is 0. The van der Waals surface area contributed by atoms with Crippen LogP contribution in [-0.2, 0) is 6.42 Å². The first-order chi connectivity index (χ1) is 15.1. The largest absolute Gasteiger partial charge is 0.485 e. The van der Waals surface area contributed by atoms with Gasteiger partial charge in [0.1, 0.15) is 17.1 Å². The number of nitrogens with two attached hydrogens (primary N) is 2. The first-order valence-corrected chi connectivity index (χ1v) is 10.6. The number of fused-ring (bicyclic) bond motifs is 1. The average Bonchev–Trinajstić information content (AvgIpc) is 2.73. The second-order valence-electron chi connectivity index (χ2n) is 8.45. The molecule has 1 aromatic carbocycles. The first kappa shape index (κ1) is 25.3. The molecule has 1 aromatic rings. The molecule has 2 unspecified atom stereocenters. The van der Waals surface area contributed by atoms with Crippen molar-refractivity contribution < 1.29 is 29.0 Å². The second kappa shape index (κ2) is 11.1. The predicted molar refractivity (Wildman–Crippen MR) is 121 cm³/mol. The van der Waals surface area contributed by atoms with E-state index in [0.717, 1.165) is 18.4 Å². The van der Waals surface area contributed by atoms with Crippen LogP contribution in [0.2, 0.25) is 0 Å². The number of primary amides is 1. The lowest BCUT2D eigenvalue weighted by molar-refractivity contribution is 0.0362. The number of aliphatic hydroxyl groups is 1. The number of allylic oxidation sites excluding steroid dienone is 3. The highest BCUT2D eigenvalue weighted by Gasteiger charge is 2.41. The summed E-state index contributed by atoms with van der Waals surface area (Å²) in [4.78, 5) is 34.5. The number of amides is 1. The van der Waals surface area contributed by atoms with Crippen LogP contribution < -0.4 is 20.9 Å². The van der Waals surface area contributed by atoms with E-state index in [1.54, 1.807) is 0 Å². The summed E-state index contributed by atoms with van der Waals surface area (Å²) in [5.41, 5.74) is 13.4. The Bertz CT molecular complexity index is 933. The van der Waals surface area contributed by atoms with Crippen molar-refractivity contribution >= 4 is 18.7 Å². The standard InChI is InChI=1S/C24H32N2O6/c1-15(2)6-4-7-16(12-27)8-5-9-24(3)21(25)11-18-20(31-23(26)30)10-17(13-28)19(14-29)22(18)32-24/h6,8,10,13-14,21,27H,4-5,7,9,11-12,25H2,1-3H3,(H2,26,30). The number of ether oxygens (including phenoxy) is 2. The lowest BCUT2D eigenvalue weighted by atomic mass is 9.82. The predicted octanol–water partition coefficient (Wildman–Crippen LogP) is 3.24. The normalized spacial score (nSPS) is 20.0. The monoisotopic (exact) mass is 444 g/mol. The Balaban J connectivity index is 2.30. The van der Waals surface area contributed by atoms with Crippen LogP contribution >= 0.6 is 0 Å². The molecule has 0 fully saturated rings. The number of rotatable bonds is 10. The van der Waals surface area contributed by atoms with Crippen molar-refractivity contribution in [2.45, 2.75) is 64.5 Å². The summed E-state index contributed by atoms with van der Waals surface area (Å²) in [5.74, 6) is 0.236. The first-order valence-electron chi connectivity index (χ1n) is 10.6. The molecular formula is C24H32N2O6. The van der Waals surface area contributed by atoms with Gasteiger partial charge in [0.15, 0.2) is 12.6 Å². The summed E-state index contributed by atoms with van der Waals surface area (Å²) in [6.07, 6.45) is 7.13. The van der Waals surface area contributed by atoms with Crippen LogP contribution in [0.4, 0.5) is 4.79 Å². The van der Waals surface area contributed by atoms with Crippen LogP contribution in [0.25, 0.3) is 0 Å². The quantitative estimate of drug-likeness (QED) is 0.371. The third-order valence-corrected chi connectivity index (χ3v) is 5.71. The molecule has 0 radical (unpaired) electrons. The molecule has 32 heavy (non-hydrogen) atoms. The Labute approximate surface area is 188 Å². The molecule has 0 spiro atoms. The molecule has 1 aliphatic heterocycles. The minimum atomic E-state index is -1.04. The lowest BCUT2D eigenvalue weighted by Gasteiger charge is -2.41. The van der Waals surface area contributed by atoms with Gasteiger partial charge < -0.3 is 26.0 Å². The van der Waals surface area contributed by atoms with Gasteiger partial charge in [-0.15, -0.1) is 0 Å². The Hall–Kier alpha value is -2.97. The van der Waals surface area contributed by atoms with Gasteiger partial charge in [-0.2, -0.15) is 0 Å². The van der Waals surface area contributed by atoms with Crippen molar-refractivity contribution in [2.24, 2.45) is 11.5 Å². The van der Waals surface area contributed by atoms with Crippen molar-refractivity contribution in [3.8, 4) is 11.5 Å². The third kappa shape index (κ3) is 6.05. The molecule has 0 aliphatic carbocycles. The molecule has 1 aliphatic rings. The molecular weight excluding hydrogens is 412 g/mol. The summed E-state index contributed by atoms with van der Waals surface area (Å²) < 4.78 is 11.2. The fourth-order valence-electron chi connectivity index (χ4n) is 3.78. The number of hydrogen-bond donors (Lipinski definition) is 3. The van der Waals surface area contributed by atoms with Crippen LogP contribution in [0.15, 0.2) is 29.4 Å². The smallest absolute Gasteiger partial charge is 0.409 e. The topological polar surface area (TPSA) is 142 Å². The highest BCUT2D eigenvalue weighted by molar-refractivity contribution is 5.95. The number of aldehydes is 2. The zero-order valence-electron chi connectivity index (χ0n) is 18.8. The molecule has 1 heterocycles. The SMILES string of the molecule is CC(C)=CCCC(=CCCC1(C)Oc2c(C=O)c(C=O)cc(OC(N)=O)c2CC1N)CO. The highest BCUT2D eigenvalue weighted by atomic mass is 16.6. The lowest BCUT2D eigenvalue weighted by Crippen LogP contribution is -2.54. The fourth-order valence-corrected chi connectivity index (χ4v) is 3.78. The van der Waals surface area contributed by atoms with Crippen molar-refractivity contribution in [3.05, 3.63) is 46.1 Å². The van der Waals surface area contributed by atoms with Gasteiger partial charge in [-0.3, -0.25) is 9.59 Å². The number of carbonyl (C=O) groups excluding carboxylic acids is 3. The minimum Gasteiger partial charge on any atom is -0.485 e. The Kier molecular flexibility index (Phi) is 8.74. The van der Waals surface area contributed by atoms with E-state index in [9.17, 15) is 19.5 Å². The maximum absolute atomic E-state index is 11.7. The van der Waals surface area contributed by atoms with Gasteiger partial charge in [0.2, 0.25) is 0 Å². The average molecular weight is 445 g/mol. The third-order valence-electron chi connectivity index (χ3n) is 5.71. The van der Waals surface area contributed by atoms with E-state index in [1.165, 1.54) is 11.6 Å². The van der Waals surface area contributed by atoms with Crippen LogP contribution in [-0.4, -0.2) is 42.0 Å². The van der Waals surface area contributed by atoms with Gasteiger partial charge in [0.05, 0.1) is 12.2 Å². The van der Waals surface area contributed by atoms with Gasteiger partial charge in [-0.25, -0.2) is 4.79 Å². The summed E-state index contributed by atoms with van der Waals surface area (Å²) in [6.45, 7) is 5.89. The van der Waals surface area contributed by atoms with Crippen molar-refractivity contribution in [1.29, 1.82) is 0 Å². The molecule has 2 atom stereocenters. The Morgan fingerprint density at radius 2 is 2.00 bits per heavy atom. The zero-order chi connectivity index (χ0) is 23.9. The van der Waals surface area contributed by atoms with Crippen LogP contribution in [0.1, 0.15) is 72.7 Å². The molecule has 0 saturated heterocycles. The van der Waals surface area contributed by atoms with Crippen LogP contribution in [0, 0.1) is 0 Å². The molecule has 5 N–H and O–H groups in total. The maximum atomic E-state index is 11.7. The second-order valence-corrected chi connectivity index (χ2v) is 8.45. The molecule has 2 rings (SSSR count). The van der Waals surface area contributed by atoms with Gasteiger partial charge in [0, 0.05) is 17.2 Å². The number of carbonyl (C=O) groups is 3. The van der Waals surface area contributed by atoms with Crippen LogP contribution in [0.3, 0.4) is 0 Å². The van der Waals surface area contributed by atoms with E-state index in [-0.39, 0.29) is 35.7 Å². The van der Waals surface area contributed by atoms with E-state index in [1.807, 2.05) is 26.8 Å². The van der Waals surface area contributed by atoms with E-state index in [2.05, 4.69) is 6.08 Å². The number of aliphatic hydroxyl groups excluding tert-OH is 1. The van der Waals surface area contributed by atoms with Crippen molar-refractivity contribution in [1.82, 2.24) is 0 Å². The highest BCUT2D eigenvalue weighted by Crippen LogP contribution is 2.43.